The Balaban J connectivity index is 3.16. The quantitative estimate of drug-likeness (QED) is 0.796. The Kier molecular flexibility index (Phi) is 4.70. The van der Waals surface area contributed by atoms with Gasteiger partial charge in [-0.05, 0) is 38.1 Å². The summed E-state index contributed by atoms with van der Waals surface area (Å²) in [5, 5.41) is 3.02. The van der Waals surface area contributed by atoms with Crippen LogP contribution in [-0.4, -0.2) is 26.5 Å². The minimum atomic E-state index is -0.0460. The molecule has 1 N–H and O–H groups in total. The third kappa shape index (κ3) is 3.07. The van der Waals surface area contributed by atoms with Crippen LogP contribution in [0.5, 0.6) is 5.75 Å². The number of hydrogen-bond acceptors (Lipinski definition) is 3. The number of carbonyl (C=O) groups is 1. The van der Waals surface area contributed by atoms with Gasteiger partial charge in [0.05, 0.1) is 12.7 Å². The Morgan fingerprint density at radius 2 is 2.06 bits per heavy atom. The molecule has 1 aromatic rings. The van der Waals surface area contributed by atoms with Crippen molar-refractivity contribution in [1.29, 1.82) is 0 Å². The summed E-state index contributed by atoms with van der Waals surface area (Å²) in [5.74, 6) is 0.763. The highest BCUT2D eigenvalue weighted by atomic mass is 16.5. The maximum atomic E-state index is 12.3. The average Bonchev–Trinajstić information content (AvgIpc) is 2.27. The summed E-state index contributed by atoms with van der Waals surface area (Å²) in [6, 6.07) is 3.92. The van der Waals surface area contributed by atoms with Crippen LogP contribution in [0.25, 0.3) is 0 Å². The largest absolute Gasteiger partial charge is 0.496 e. The molecule has 0 saturated heterocycles. The van der Waals surface area contributed by atoms with Crippen molar-refractivity contribution in [2.45, 2.75) is 20.8 Å². The lowest BCUT2D eigenvalue weighted by atomic mass is 9.93. The Bertz CT molecular complexity index is 413. The first-order valence-electron chi connectivity index (χ1n) is 5.85. The van der Waals surface area contributed by atoms with Gasteiger partial charge in [-0.15, -0.1) is 0 Å². The van der Waals surface area contributed by atoms with Gasteiger partial charge in [0.1, 0.15) is 5.75 Å². The summed E-state index contributed by atoms with van der Waals surface area (Å²) in [7, 11) is 3.46. The molecule has 17 heavy (non-hydrogen) atoms. The van der Waals surface area contributed by atoms with Gasteiger partial charge in [0.25, 0.3) is 0 Å². The zero-order valence-corrected chi connectivity index (χ0v) is 11.3. The van der Waals surface area contributed by atoms with Crippen LogP contribution in [0.3, 0.4) is 0 Å². The third-order valence-electron chi connectivity index (χ3n) is 2.87. The van der Waals surface area contributed by atoms with Gasteiger partial charge >= 0.3 is 0 Å². The Labute approximate surface area is 103 Å². The molecule has 0 heterocycles. The maximum absolute atomic E-state index is 12.3. The van der Waals surface area contributed by atoms with E-state index in [1.54, 1.807) is 7.11 Å². The molecule has 1 atom stereocenters. The standard InChI is InChI=1S/C14H21NO2/c1-9-6-10(2)13(12(7-9)17-5)14(16)11(3)8-15-4/h6-7,11,15H,8H2,1-5H3. The van der Waals surface area contributed by atoms with Gasteiger partial charge in [0.2, 0.25) is 0 Å². The first kappa shape index (κ1) is 13.7. The number of hydrogen-bond donors (Lipinski definition) is 1. The first-order chi connectivity index (χ1) is 8.01. The van der Waals surface area contributed by atoms with E-state index in [0.29, 0.717) is 17.9 Å². The molecule has 0 amide bonds. The fourth-order valence-corrected chi connectivity index (χ4v) is 2.05. The van der Waals surface area contributed by atoms with Crippen LogP contribution >= 0.6 is 0 Å². The number of aryl methyl sites for hydroxylation is 2. The lowest BCUT2D eigenvalue weighted by Crippen LogP contribution is -2.24. The van der Waals surface area contributed by atoms with Crippen LogP contribution < -0.4 is 10.1 Å². The molecule has 0 aromatic heterocycles. The molecule has 1 unspecified atom stereocenters. The maximum Gasteiger partial charge on any atom is 0.170 e. The number of ether oxygens (including phenoxy) is 1. The minimum Gasteiger partial charge on any atom is -0.496 e. The summed E-state index contributed by atoms with van der Waals surface area (Å²) in [5.41, 5.74) is 2.80. The fourth-order valence-electron chi connectivity index (χ4n) is 2.05. The average molecular weight is 235 g/mol. The van der Waals surface area contributed by atoms with Crippen LogP contribution in [-0.2, 0) is 0 Å². The smallest absolute Gasteiger partial charge is 0.170 e. The SMILES string of the molecule is CNCC(C)C(=O)c1c(C)cc(C)cc1OC. The number of ketones is 1. The molecular weight excluding hydrogens is 214 g/mol. The number of methoxy groups -OCH3 is 1. The van der Waals surface area contributed by atoms with Crippen molar-refractivity contribution in [1.82, 2.24) is 5.32 Å². The monoisotopic (exact) mass is 235 g/mol. The summed E-state index contributed by atoms with van der Waals surface area (Å²) >= 11 is 0. The lowest BCUT2D eigenvalue weighted by Gasteiger charge is -2.15. The molecule has 0 spiro atoms. The van der Waals surface area contributed by atoms with E-state index in [1.807, 2.05) is 40.0 Å². The van der Waals surface area contributed by atoms with Crippen molar-refractivity contribution in [3.05, 3.63) is 28.8 Å². The summed E-state index contributed by atoms with van der Waals surface area (Å²) in [4.78, 5) is 12.3. The van der Waals surface area contributed by atoms with Crippen LogP contribution in [0.2, 0.25) is 0 Å². The number of rotatable bonds is 5. The molecule has 0 fully saturated rings. The molecule has 0 saturated carbocycles. The molecule has 0 aliphatic heterocycles. The van der Waals surface area contributed by atoms with Crippen molar-refractivity contribution in [2.75, 3.05) is 20.7 Å². The Morgan fingerprint density at radius 3 is 2.59 bits per heavy atom. The Hall–Kier alpha value is -1.35. The number of benzene rings is 1. The molecule has 3 nitrogen and oxygen atoms in total. The topological polar surface area (TPSA) is 38.3 Å². The Morgan fingerprint density at radius 1 is 1.41 bits per heavy atom. The fraction of sp³-hybridized carbons (Fsp3) is 0.500. The van der Waals surface area contributed by atoms with Crippen molar-refractivity contribution >= 4 is 5.78 Å². The van der Waals surface area contributed by atoms with Crippen molar-refractivity contribution < 1.29 is 9.53 Å². The predicted molar refractivity (Wildman–Crippen MR) is 69.9 cm³/mol. The van der Waals surface area contributed by atoms with E-state index in [9.17, 15) is 4.79 Å². The van der Waals surface area contributed by atoms with Gasteiger partial charge in [-0.1, -0.05) is 13.0 Å². The molecule has 0 aliphatic rings. The first-order valence-corrected chi connectivity index (χ1v) is 5.85. The minimum absolute atomic E-state index is 0.0460. The van der Waals surface area contributed by atoms with Crippen molar-refractivity contribution in [3.63, 3.8) is 0 Å². The molecule has 3 heteroatoms. The van der Waals surface area contributed by atoms with Crippen LogP contribution in [0.1, 0.15) is 28.4 Å². The van der Waals surface area contributed by atoms with Crippen LogP contribution in [0, 0.1) is 19.8 Å². The van der Waals surface area contributed by atoms with Gasteiger partial charge < -0.3 is 10.1 Å². The van der Waals surface area contributed by atoms with Crippen molar-refractivity contribution in [2.24, 2.45) is 5.92 Å². The second kappa shape index (κ2) is 5.82. The zero-order chi connectivity index (χ0) is 13.0. The highest BCUT2D eigenvalue weighted by Gasteiger charge is 2.20. The van der Waals surface area contributed by atoms with Crippen LogP contribution in [0.15, 0.2) is 12.1 Å². The van der Waals surface area contributed by atoms with Gasteiger partial charge in [-0.2, -0.15) is 0 Å². The molecule has 1 aromatic carbocycles. The molecule has 0 bridgehead atoms. The number of nitrogens with one attached hydrogen (secondary N) is 1. The third-order valence-corrected chi connectivity index (χ3v) is 2.87. The normalized spacial score (nSPS) is 12.3. The number of carbonyl (C=O) groups excluding carboxylic acids is 1. The van der Waals surface area contributed by atoms with Gasteiger partial charge in [0, 0.05) is 12.5 Å². The molecular formula is C14H21NO2. The molecule has 0 aliphatic carbocycles. The zero-order valence-electron chi connectivity index (χ0n) is 11.3. The number of Topliss-reactive ketones (excluding diaryl/α,β-unsaturated/α-hetero) is 1. The second-order valence-corrected chi connectivity index (χ2v) is 4.48. The predicted octanol–water partition coefficient (Wildman–Crippen LogP) is 2.35. The second-order valence-electron chi connectivity index (χ2n) is 4.48. The van der Waals surface area contributed by atoms with E-state index in [0.717, 1.165) is 11.1 Å². The van der Waals surface area contributed by atoms with Gasteiger partial charge in [-0.25, -0.2) is 0 Å². The molecule has 94 valence electrons. The summed E-state index contributed by atoms with van der Waals surface area (Å²) in [6.07, 6.45) is 0. The van der Waals surface area contributed by atoms with Crippen molar-refractivity contribution in [3.8, 4) is 5.75 Å². The highest BCUT2D eigenvalue weighted by molar-refractivity contribution is 6.01. The molecule has 0 radical (unpaired) electrons. The van der Waals surface area contributed by atoms with E-state index in [2.05, 4.69) is 5.32 Å². The van der Waals surface area contributed by atoms with E-state index in [1.165, 1.54) is 0 Å². The van der Waals surface area contributed by atoms with E-state index < -0.39 is 0 Å². The summed E-state index contributed by atoms with van der Waals surface area (Å²) < 4.78 is 5.32. The van der Waals surface area contributed by atoms with Gasteiger partial charge in [0.15, 0.2) is 5.78 Å². The highest BCUT2D eigenvalue weighted by Crippen LogP contribution is 2.26. The van der Waals surface area contributed by atoms with E-state index in [4.69, 9.17) is 4.74 Å². The van der Waals surface area contributed by atoms with Crippen LogP contribution in [0.4, 0.5) is 0 Å². The van der Waals surface area contributed by atoms with Gasteiger partial charge in [-0.3, -0.25) is 4.79 Å². The lowest BCUT2D eigenvalue weighted by molar-refractivity contribution is 0.0926. The molecule has 1 rings (SSSR count). The van der Waals surface area contributed by atoms with E-state index >= 15 is 0 Å². The summed E-state index contributed by atoms with van der Waals surface area (Å²) in [6.45, 7) is 6.56. The van der Waals surface area contributed by atoms with E-state index in [-0.39, 0.29) is 11.7 Å².